The van der Waals surface area contributed by atoms with Crippen molar-refractivity contribution in [3.63, 3.8) is 0 Å². The highest BCUT2D eigenvalue weighted by molar-refractivity contribution is 14.1. The summed E-state index contributed by atoms with van der Waals surface area (Å²) in [6, 6.07) is 3.02. The fraction of sp³-hybridized carbons (Fsp3) is 0.125. The molecule has 0 aliphatic carbocycles. The van der Waals surface area contributed by atoms with Crippen molar-refractivity contribution in [3.8, 4) is 0 Å². The third-order valence-electron chi connectivity index (χ3n) is 1.58. The lowest BCUT2D eigenvalue weighted by Crippen LogP contribution is -2.22. The van der Waals surface area contributed by atoms with E-state index in [1.165, 1.54) is 12.1 Å². The molecule has 0 bridgehead atoms. The Morgan fingerprint density at radius 1 is 1.62 bits per heavy atom. The van der Waals surface area contributed by atoms with Gasteiger partial charge < -0.3 is 10.8 Å². The molecule has 70 valence electrons. The van der Waals surface area contributed by atoms with E-state index in [0.29, 0.717) is 3.57 Å². The lowest BCUT2D eigenvalue weighted by atomic mass is 10.1. The van der Waals surface area contributed by atoms with Crippen LogP contribution < -0.4 is 5.73 Å². The molecule has 3 N–H and O–H groups in total. The van der Waals surface area contributed by atoms with Crippen molar-refractivity contribution in [1.29, 1.82) is 0 Å². The van der Waals surface area contributed by atoms with Crippen LogP contribution in [-0.4, -0.2) is 11.1 Å². The van der Waals surface area contributed by atoms with Gasteiger partial charge in [0.05, 0.1) is 0 Å². The van der Waals surface area contributed by atoms with E-state index in [0.717, 1.165) is 0 Å². The summed E-state index contributed by atoms with van der Waals surface area (Å²) in [5.74, 6) is -1.81. The molecule has 1 aromatic rings. The number of aliphatic carboxylic acids is 1. The quantitative estimate of drug-likeness (QED) is 0.813. The first kappa shape index (κ1) is 10.4. The standard InChI is InChI=1S/C8H7FINO2/c9-4-2-1-3-5(10)6(4)7(11)8(12)13/h1-3,7H,11H2,(H,12,13)/t7-/m0/s1. The number of halogens is 2. The molecule has 1 atom stereocenters. The van der Waals surface area contributed by atoms with Gasteiger partial charge in [0.15, 0.2) is 0 Å². The molecule has 0 heterocycles. The van der Waals surface area contributed by atoms with Gasteiger partial charge in [0.25, 0.3) is 0 Å². The van der Waals surface area contributed by atoms with Crippen molar-refractivity contribution in [2.45, 2.75) is 6.04 Å². The Labute approximate surface area is 87.9 Å². The predicted octanol–water partition coefficient (Wildman–Crippen LogP) is 1.51. The van der Waals surface area contributed by atoms with Crippen molar-refractivity contribution in [3.05, 3.63) is 33.1 Å². The van der Waals surface area contributed by atoms with Crippen LogP contribution in [0.4, 0.5) is 4.39 Å². The van der Waals surface area contributed by atoms with E-state index in [9.17, 15) is 9.18 Å². The van der Waals surface area contributed by atoms with Crippen LogP contribution in [0.3, 0.4) is 0 Å². The third-order valence-corrected chi connectivity index (χ3v) is 2.52. The van der Waals surface area contributed by atoms with Gasteiger partial charge in [0, 0.05) is 9.13 Å². The number of carboxylic acid groups (broad SMARTS) is 1. The molecule has 0 saturated heterocycles. The second-order valence-corrected chi connectivity index (χ2v) is 3.61. The van der Waals surface area contributed by atoms with Gasteiger partial charge in [-0.1, -0.05) is 6.07 Å². The summed E-state index contributed by atoms with van der Waals surface area (Å²) in [5.41, 5.74) is 5.33. The molecule has 0 fully saturated rings. The van der Waals surface area contributed by atoms with E-state index in [-0.39, 0.29) is 5.56 Å². The zero-order valence-corrected chi connectivity index (χ0v) is 8.66. The summed E-state index contributed by atoms with van der Waals surface area (Å²) >= 11 is 1.85. The molecule has 3 nitrogen and oxygen atoms in total. The van der Waals surface area contributed by atoms with E-state index >= 15 is 0 Å². The van der Waals surface area contributed by atoms with Crippen molar-refractivity contribution >= 4 is 28.6 Å². The van der Waals surface area contributed by atoms with Crippen LogP contribution in [0.15, 0.2) is 18.2 Å². The number of hydrogen-bond donors (Lipinski definition) is 2. The highest BCUT2D eigenvalue weighted by Crippen LogP contribution is 2.21. The van der Waals surface area contributed by atoms with Crippen LogP contribution in [0, 0.1) is 9.39 Å². The molecule has 0 unspecified atom stereocenters. The first-order valence-electron chi connectivity index (χ1n) is 3.46. The van der Waals surface area contributed by atoms with Gasteiger partial charge in [-0.15, -0.1) is 0 Å². The number of hydrogen-bond acceptors (Lipinski definition) is 2. The Balaban J connectivity index is 3.20. The van der Waals surface area contributed by atoms with Crippen molar-refractivity contribution in [1.82, 2.24) is 0 Å². The normalized spacial score (nSPS) is 12.5. The Bertz CT molecular complexity index is 323. The molecular weight excluding hydrogens is 288 g/mol. The van der Waals surface area contributed by atoms with E-state index in [1.807, 2.05) is 22.6 Å². The molecule has 0 saturated carbocycles. The number of nitrogens with two attached hydrogens (primary N) is 1. The number of carbonyl (C=O) groups is 1. The van der Waals surface area contributed by atoms with Gasteiger partial charge in [0.1, 0.15) is 11.9 Å². The number of benzene rings is 1. The summed E-state index contributed by atoms with van der Waals surface area (Å²) in [4.78, 5) is 10.5. The second-order valence-electron chi connectivity index (χ2n) is 2.45. The molecule has 1 aromatic carbocycles. The minimum absolute atomic E-state index is 0.0376. The minimum Gasteiger partial charge on any atom is -0.480 e. The van der Waals surface area contributed by atoms with Crippen LogP contribution in [0.5, 0.6) is 0 Å². The molecule has 0 radical (unpaired) electrons. The fourth-order valence-corrected chi connectivity index (χ4v) is 1.73. The van der Waals surface area contributed by atoms with Crippen molar-refractivity contribution < 1.29 is 14.3 Å². The molecule has 0 aliphatic rings. The first-order valence-corrected chi connectivity index (χ1v) is 4.54. The monoisotopic (exact) mass is 295 g/mol. The van der Waals surface area contributed by atoms with Gasteiger partial charge in [0.2, 0.25) is 0 Å². The Morgan fingerprint density at radius 3 is 2.69 bits per heavy atom. The topological polar surface area (TPSA) is 63.3 Å². The molecule has 0 aliphatic heterocycles. The Hall–Kier alpha value is -0.690. The zero-order chi connectivity index (χ0) is 10.0. The van der Waals surface area contributed by atoms with Gasteiger partial charge in [-0.2, -0.15) is 0 Å². The Morgan fingerprint density at radius 2 is 2.23 bits per heavy atom. The average Bonchev–Trinajstić information content (AvgIpc) is 2.03. The van der Waals surface area contributed by atoms with E-state index in [2.05, 4.69) is 0 Å². The number of rotatable bonds is 2. The Kier molecular flexibility index (Phi) is 3.21. The van der Waals surface area contributed by atoms with Gasteiger partial charge in [-0.25, -0.2) is 4.39 Å². The fourth-order valence-electron chi connectivity index (χ4n) is 0.931. The van der Waals surface area contributed by atoms with Crippen molar-refractivity contribution in [2.75, 3.05) is 0 Å². The van der Waals surface area contributed by atoms with E-state index in [4.69, 9.17) is 10.8 Å². The van der Waals surface area contributed by atoms with E-state index in [1.54, 1.807) is 6.07 Å². The first-order chi connectivity index (χ1) is 6.04. The maximum Gasteiger partial charge on any atom is 0.325 e. The van der Waals surface area contributed by atoms with Crippen LogP contribution in [0.1, 0.15) is 11.6 Å². The van der Waals surface area contributed by atoms with Crippen LogP contribution in [0.2, 0.25) is 0 Å². The molecule has 0 amide bonds. The molecule has 5 heteroatoms. The largest absolute Gasteiger partial charge is 0.480 e. The lowest BCUT2D eigenvalue weighted by Gasteiger charge is -2.09. The molecule has 0 aromatic heterocycles. The van der Waals surface area contributed by atoms with Crippen LogP contribution >= 0.6 is 22.6 Å². The van der Waals surface area contributed by atoms with Crippen LogP contribution in [0.25, 0.3) is 0 Å². The molecular formula is C8H7FINO2. The maximum absolute atomic E-state index is 13.1. The summed E-state index contributed by atoms with van der Waals surface area (Å²) < 4.78 is 13.6. The average molecular weight is 295 g/mol. The molecule has 1 rings (SSSR count). The third kappa shape index (κ3) is 2.16. The summed E-state index contributed by atoms with van der Waals surface area (Å²) in [6.07, 6.45) is 0. The van der Waals surface area contributed by atoms with Crippen LogP contribution in [-0.2, 0) is 4.79 Å². The maximum atomic E-state index is 13.1. The summed E-state index contributed by atoms with van der Waals surface area (Å²) in [5, 5.41) is 8.59. The van der Waals surface area contributed by atoms with Crippen molar-refractivity contribution in [2.24, 2.45) is 5.73 Å². The summed E-state index contributed by atoms with van der Waals surface area (Å²) in [6.45, 7) is 0. The minimum atomic E-state index is -1.30. The van der Waals surface area contributed by atoms with Gasteiger partial charge >= 0.3 is 5.97 Å². The lowest BCUT2D eigenvalue weighted by molar-refractivity contribution is -0.138. The van der Waals surface area contributed by atoms with Gasteiger partial charge in [-0.3, -0.25) is 4.79 Å². The SMILES string of the molecule is N[C@H](C(=O)O)c1c(F)cccc1I. The highest BCUT2D eigenvalue weighted by atomic mass is 127. The number of carboxylic acids is 1. The summed E-state index contributed by atoms with van der Waals surface area (Å²) in [7, 11) is 0. The second kappa shape index (κ2) is 4.01. The zero-order valence-electron chi connectivity index (χ0n) is 6.50. The molecule has 0 spiro atoms. The molecule has 13 heavy (non-hydrogen) atoms. The highest BCUT2D eigenvalue weighted by Gasteiger charge is 2.20. The van der Waals surface area contributed by atoms with E-state index < -0.39 is 17.8 Å². The smallest absolute Gasteiger partial charge is 0.325 e. The van der Waals surface area contributed by atoms with Gasteiger partial charge in [-0.05, 0) is 34.7 Å². The predicted molar refractivity (Wildman–Crippen MR) is 53.7 cm³/mol.